The van der Waals surface area contributed by atoms with E-state index in [0.29, 0.717) is 0 Å². The predicted octanol–water partition coefficient (Wildman–Crippen LogP) is 2.30. The van der Waals surface area contributed by atoms with Crippen LogP contribution in [-0.4, -0.2) is 9.91 Å². The third-order valence-corrected chi connectivity index (χ3v) is 1.35. The number of halogens is 2. The maximum atomic E-state index is 10.2. The molecule has 0 fully saturated rings. The van der Waals surface area contributed by atoms with E-state index in [1.807, 2.05) is 0 Å². The Balaban J connectivity index is 3.19. The number of pyridine rings is 1. The van der Waals surface area contributed by atoms with Gasteiger partial charge in [-0.2, -0.15) is 0 Å². The van der Waals surface area contributed by atoms with E-state index in [-0.39, 0.29) is 16.0 Å². The van der Waals surface area contributed by atoms with Crippen LogP contribution in [0.25, 0.3) is 0 Å². The first-order valence-corrected chi connectivity index (χ1v) is 3.32. The quantitative estimate of drug-likeness (QED) is 0.390. The predicted molar refractivity (Wildman–Crippen MR) is 40.9 cm³/mol. The normalized spacial score (nSPS) is 9.64. The summed E-state index contributed by atoms with van der Waals surface area (Å²) in [5.74, 6) is 0. The summed E-state index contributed by atoms with van der Waals surface area (Å²) in [6.07, 6.45) is 0. The second-order valence-corrected chi connectivity index (χ2v) is 2.50. The zero-order chi connectivity index (χ0) is 8.43. The molecule has 1 aromatic rings. The van der Waals surface area contributed by atoms with Gasteiger partial charge in [0.1, 0.15) is 10.3 Å². The molecular weight excluding hydrogens is 191 g/mol. The molecule has 1 rings (SSSR count). The van der Waals surface area contributed by atoms with Gasteiger partial charge in [0.2, 0.25) is 0 Å². The minimum Gasteiger partial charge on any atom is -0.258 e. The number of nitro groups is 1. The van der Waals surface area contributed by atoms with E-state index in [1.54, 1.807) is 0 Å². The van der Waals surface area contributed by atoms with E-state index in [9.17, 15) is 10.1 Å². The summed E-state index contributed by atoms with van der Waals surface area (Å²) >= 11 is 10.8. The Bertz CT molecular complexity index is 282. The Kier molecular flexibility index (Phi) is 2.26. The van der Waals surface area contributed by atoms with Crippen molar-refractivity contribution < 1.29 is 4.92 Å². The number of nitrogens with zero attached hydrogens (tertiary/aromatic N) is 2. The monoisotopic (exact) mass is 192 g/mol. The minimum absolute atomic E-state index is 0.0178. The minimum atomic E-state index is -0.584. The highest BCUT2D eigenvalue weighted by atomic mass is 35.5. The Labute approximate surface area is 71.9 Å². The first-order chi connectivity index (χ1) is 5.09. The molecule has 11 heavy (non-hydrogen) atoms. The van der Waals surface area contributed by atoms with Crippen LogP contribution < -0.4 is 0 Å². The van der Waals surface area contributed by atoms with Gasteiger partial charge in [0, 0.05) is 0 Å². The van der Waals surface area contributed by atoms with Crippen molar-refractivity contribution in [2.45, 2.75) is 0 Å². The van der Waals surface area contributed by atoms with Crippen LogP contribution in [0.15, 0.2) is 12.1 Å². The van der Waals surface area contributed by atoms with Crippen LogP contribution in [0, 0.1) is 10.1 Å². The second kappa shape index (κ2) is 3.02. The Hall–Kier alpha value is -0.870. The number of hydrogen-bond acceptors (Lipinski definition) is 3. The van der Waals surface area contributed by atoms with Crippen molar-refractivity contribution in [3.63, 3.8) is 0 Å². The molecule has 58 valence electrons. The highest BCUT2D eigenvalue weighted by Crippen LogP contribution is 2.19. The van der Waals surface area contributed by atoms with E-state index >= 15 is 0 Å². The second-order valence-electron chi connectivity index (χ2n) is 1.73. The van der Waals surface area contributed by atoms with E-state index in [4.69, 9.17) is 23.2 Å². The summed E-state index contributed by atoms with van der Waals surface area (Å²) in [5, 5.41) is 10.2. The largest absolute Gasteiger partial charge is 0.275 e. The average molecular weight is 193 g/mol. The first kappa shape index (κ1) is 8.23. The summed E-state index contributed by atoms with van der Waals surface area (Å²) in [4.78, 5) is 13.1. The van der Waals surface area contributed by atoms with Crippen molar-refractivity contribution >= 4 is 28.9 Å². The van der Waals surface area contributed by atoms with Crippen LogP contribution in [0.2, 0.25) is 10.3 Å². The van der Waals surface area contributed by atoms with Crippen LogP contribution >= 0.6 is 23.2 Å². The molecule has 0 radical (unpaired) electrons. The zero-order valence-corrected chi connectivity index (χ0v) is 6.63. The van der Waals surface area contributed by atoms with Gasteiger partial charge >= 0.3 is 0 Å². The molecule has 0 aliphatic carbocycles. The maximum absolute atomic E-state index is 10.2. The van der Waals surface area contributed by atoms with Crippen molar-refractivity contribution in [1.82, 2.24) is 4.98 Å². The molecule has 0 atom stereocenters. The van der Waals surface area contributed by atoms with Crippen LogP contribution in [0.4, 0.5) is 5.69 Å². The van der Waals surface area contributed by atoms with E-state index in [1.165, 1.54) is 0 Å². The molecule has 0 bridgehead atoms. The summed E-state index contributed by atoms with van der Waals surface area (Å²) in [6, 6.07) is 2.26. The molecule has 0 amide bonds. The zero-order valence-electron chi connectivity index (χ0n) is 5.12. The SMILES string of the molecule is O=[N+]([O-])c1cc(Cl)nc(Cl)c1. The van der Waals surface area contributed by atoms with Crippen molar-refractivity contribution in [3.8, 4) is 0 Å². The van der Waals surface area contributed by atoms with E-state index < -0.39 is 4.92 Å². The third kappa shape index (κ3) is 2.03. The fourth-order valence-electron chi connectivity index (χ4n) is 0.558. The average Bonchev–Trinajstić information content (AvgIpc) is 1.85. The summed E-state index contributed by atoms with van der Waals surface area (Å²) in [7, 11) is 0. The molecule has 0 spiro atoms. The number of aromatic nitrogens is 1. The highest BCUT2D eigenvalue weighted by molar-refractivity contribution is 6.32. The van der Waals surface area contributed by atoms with Crippen molar-refractivity contribution in [2.24, 2.45) is 0 Å². The van der Waals surface area contributed by atoms with Gasteiger partial charge in [-0.3, -0.25) is 10.1 Å². The van der Waals surface area contributed by atoms with Gasteiger partial charge in [-0.25, -0.2) is 4.98 Å². The van der Waals surface area contributed by atoms with E-state index in [0.717, 1.165) is 12.1 Å². The van der Waals surface area contributed by atoms with E-state index in [2.05, 4.69) is 4.98 Å². The lowest BCUT2D eigenvalue weighted by molar-refractivity contribution is -0.384. The van der Waals surface area contributed by atoms with Crippen molar-refractivity contribution in [1.29, 1.82) is 0 Å². The van der Waals surface area contributed by atoms with Gasteiger partial charge in [-0.1, -0.05) is 23.2 Å². The molecule has 6 heteroatoms. The molecule has 0 aromatic carbocycles. The number of hydrogen-bond donors (Lipinski definition) is 0. The van der Waals surface area contributed by atoms with Gasteiger partial charge in [-0.15, -0.1) is 0 Å². The van der Waals surface area contributed by atoms with Gasteiger partial charge < -0.3 is 0 Å². The number of rotatable bonds is 1. The molecular formula is C5H2Cl2N2O2. The van der Waals surface area contributed by atoms with Gasteiger partial charge in [-0.05, 0) is 0 Å². The first-order valence-electron chi connectivity index (χ1n) is 2.57. The standard InChI is InChI=1S/C5H2Cl2N2O2/c6-4-1-3(9(10)11)2-5(7)8-4/h1-2H. The molecule has 0 saturated carbocycles. The van der Waals surface area contributed by atoms with Crippen LogP contribution in [0.3, 0.4) is 0 Å². The van der Waals surface area contributed by atoms with Crippen LogP contribution in [0.5, 0.6) is 0 Å². The third-order valence-electron chi connectivity index (χ3n) is 0.958. The molecule has 1 heterocycles. The van der Waals surface area contributed by atoms with Crippen LogP contribution in [-0.2, 0) is 0 Å². The lowest BCUT2D eigenvalue weighted by atomic mass is 10.4. The molecule has 0 unspecified atom stereocenters. The Morgan fingerprint density at radius 1 is 1.36 bits per heavy atom. The Morgan fingerprint density at radius 3 is 2.18 bits per heavy atom. The lowest BCUT2D eigenvalue weighted by Crippen LogP contribution is -1.88. The maximum Gasteiger partial charge on any atom is 0.275 e. The molecule has 0 aliphatic heterocycles. The molecule has 0 N–H and O–H groups in total. The molecule has 1 aromatic heterocycles. The smallest absolute Gasteiger partial charge is 0.258 e. The Morgan fingerprint density at radius 2 is 1.82 bits per heavy atom. The summed E-state index contributed by atoms with van der Waals surface area (Å²) < 4.78 is 0. The highest BCUT2D eigenvalue weighted by Gasteiger charge is 2.07. The topological polar surface area (TPSA) is 56.0 Å². The van der Waals surface area contributed by atoms with Crippen molar-refractivity contribution in [3.05, 3.63) is 32.6 Å². The van der Waals surface area contributed by atoms with Gasteiger partial charge in [0.25, 0.3) is 5.69 Å². The molecule has 4 nitrogen and oxygen atoms in total. The van der Waals surface area contributed by atoms with Gasteiger partial charge in [0.05, 0.1) is 17.1 Å². The van der Waals surface area contributed by atoms with Gasteiger partial charge in [0.15, 0.2) is 0 Å². The summed E-state index contributed by atoms with van der Waals surface area (Å²) in [5.41, 5.74) is -0.157. The van der Waals surface area contributed by atoms with Crippen LogP contribution in [0.1, 0.15) is 0 Å². The molecule has 0 saturated heterocycles. The lowest BCUT2D eigenvalue weighted by Gasteiger charge is -1.92. The fourth-order valence-corrected chi connectivity index (χ4v) is 1.01. The summed E-state index contributed by atoms with van der Waals surface area (Å²) in [6.45, 7) is 0. The van der Waals surface area contributed by atoms with Crippen molar-refractivity contribution in [2.75, 3.05) is 0 Å². The molecule has 0 aliphatic rings. The fraction of sp³-hybridized carbons (Fsp3) is 0.